The zero-order valence-corrected chi connectivity index (χ0v) is 12.0. The lowest BCUT2D eigenvalue weighted by Crippen LogP contribution is -2.06. The van der Waals surface area contributed by atoms with Gasteiger partial charge in [-0.25, -0.2) is 0 Å². The number of nitrogens with two attached hydrogens (primary N) is 1. The summed E-state index contributed by atoms with van der Waals surface area (Å²) in [5.41, 5.74) is 6.61. The highest BCUT2D eigenvalue weighted by atomic mass is 35.5. The quantitative estimate of drug-likeness (QED) is 0.780. The normalized spacial score (nSPS) is 12.7. The Labute approximate surface area is 121 Å². The Morgan fingerprint density at radius 2 is 1.78 bits per heavy atom. The zero-order valence-electron chi connectivity index (χ0n) is 9.71. The largest absolute Gasteiger partial charge is 0.459 e. The fourth-order valence-corrected chi connectivity index (χ4v) is 2.25. The molecule has 5 heteroatoms. The van der Waals surface area contributed by atoms with Crippen LogP contribution in [0.4, 0.5) is 0 Å². The molecule has 0 radical (unpaired) electrons. The Bertz CT molecular complexity index is 565. The number of halogens is 3. The zero-order chi connectivity index (χ0) is 13.3. The molecule has 0 bridgehead atoms. The number of hydrogen-bond acceptors (Lipinski definition) is 2. The summed E-state index contributed by atoms with van der Waals surface area (Å²) in [4.78, 5) is 0. The molecule has 1 heterocycles. The van der Waals surface area contributed by atoms with Crippen molar-refractivity contribution in [1.82, 2.24) is 0 Å². The molecule has 1 aromatic carbocycles. The van der Waals surface area contributed by atoms with E-state index >= 15 is 0 Å². The van der Waals surface area contributed by atoms with Gasteiger partial charge < -0.3 is 10.2 Å². The molecule has 0 aliphatic carbocycles. The SMILES string of the molecule is CCC(N)c1ccc(-c2cc(Cl)c(Cl)cc2Cl)o1. The molecule has 2 N–H and O–H groups in total. The lowest BCUT2D eigenvalue weighted by molar-refractivity contribution is 0.470. The van der Waals surface area contributed by atoms with Crippen LogP contribution in [0, 0.1) is 0 Å². The molecule has 0 saturated heterocycles. The summed E-state index contributed by atoms with van der Waals surface area (Å²) in [5.74, 6) is 1.37. The van der Waals surface area contributed by atoms with Gasteiger partial charge in [-0.3, -0.25) is 0 Å². The van der Waals surface area contributed by atoms with Crippen molar-refractivity contribution in [3.05, 3.63) is 45.1 Å². The predicted octanol–water partition coefficient (Wildman–Crippen LogP) is 5.32. The molecule has 2 rings (SSSR count). The second-order valence-corrected chi connectivity index (χ2v) is 5.18. The second kappa shape index (κ2) is 5.54. The van der Waals surface area contributed by atoms with E-state index in [1.165, 1.54) is 0 Å². The van der Waals surface area contributed by atoms with E-state index in [4.69, 9.17) is 45.0 Å². The van der Waals surface area contributed by atoms with Crippen molar-refractivity contribution in [2.75, 3.05) is 0 Å². The molecule has 1 atom stereocenters. The summed E-state index contributed by atoms with van der Waals surface area (Å²) in [6.07, 6.45) is 0.808. The minimum absolute atomic E-state index is 0.111. The van der Waals surface area contributed by atoms with Gasteiger partial charge in [0.25, 0.3) is 0 Å². The van der Waals surface area contributed by atoms with Gasteiger partial charge >= 0.3 is 0 Å². The van der Waals surface area contributed by atoms with Gasteiger partial charge in [0.05, 0.1) is 21.1 Å². The highest BCUT2D eigenvalue weighted by molar-refractivity contribution is 6.44. The molecular weight excluding hydrogens is 293 g/mol. The monoisotopic (exact) mass is 303 g/mol. The first-order valence-corrected chi connectivity index (χ1v) is 6.66. The molecule has 1 aromatic heterocycles. The molecule has 0 aliphatic rings. The first-order valence-electron chi connectivity index (χ1n) is 5.53. The number of benzene rings is 1. The van der Waals surface area contributed by atoms with E-state index in [9.17, 15) is 0 Å². The molecule has 1 unspecified atom stereocenters. The highest BCUT2D eigenvalue weighted by Crippen LogP contribution is 2.36. The van der Waals surface area contributed by atoms with E-state index in [1.54, 1.807) is 12.1 Å². The van der Waals surface area contributed by atoms with E-state index in [-0.39, 0.29) is 6.04 Å². The van der Waals surface area contributed by atoms with Gasteiger partial charge in [0.2, 0.25) is 0 Å². The molecule has 96 valence electrons. The van der Waals surface area contributed by atoms with Crippen molar-refractivity contribution in [2.24, 2.45) is 5.73 Å². The van der Waals surface area contributed by atoms with Gasteiger partial charge in [-0.05, 0) is 30.7 Å². The van der Waals surface area contributed by atoms with E-state index in [1.807, 2.05) is 19.1 Å². The van der Waals surface area contributed by atoms with Gasteiger partial charge in [-0.2, -0.15) is 0 Å². The number of furan rings is 1. The Morgan fingerprint density at radius 1 is 1.11 bits per heavy atom. The lowest BCUT2D eigenvalue weighted by atomic mass is 10.1. The Morgan fingerprint density at radius 3 is 2.44 bits per heavy atom. The standard InChI is InChI=1S/C13H12Cl3NO/c1-2-11(17)13-4-3-12(18-13)7-5-9(15)10(16)6-8(7)14/h3-6,11H,2,17H2,1H3. The molecule has 0 amide bonds. The van der Waals surface area contributed by atoms with Gasteiger partial charge in [0.15, 0.2) is 0 Å². The van der Waals surface area contributed by atoms with Gasteiger partial charge in [-0.1, -0.05) is 41.7 Å². The molecule has 2 nitrogen and oxygen atoms in total. The number of rotatable bonds is 3. The van der Waals surface area contributed by atoms with Crippen molar-refractivity contribution in [2.45, 2.75) is 19.4 Å². The highest BCUT2D eigenvalue weighted by Gasteiger charge is 2.14. The number of hydrogen-bond donors (Lipinski definition) is 1. The summed E-state index contributed by atoms with van der Waals surface area (Å²) < 4.78 is 5.69. The lowest BCUT2D eigenvalue weighted by Gasteiger charge is -2.06. The smallest absolute Gasteiger partial charge is 0.135 e. The first-order chi connectivity index (χ1) is 8.52. The second-order valence-electron chi connectivity index (χ2n) is 3.96. The van der Waals surface area contributed by atoms with Crippen molar-refractivity contribution in [3.63, 3.8) is 0 Å². The minimum atomic E-state index is -0.111. The van der Waals surface area contributed by atoms with Gasteiger partial charge in [0, 0.05) is 5.56 Å². The predicted molar refractivity (Wildman–Crippen MR) is 76.4 cm³/mol. The Hall–Kier alpha value is -0.670. The summed E-state index contributed by atoms with van der Waals surface area (Å²) in [6, 6.07) is 6.86. The average Bonchev–Trinajstić information content (AvgIpc) is 2.82. The van der Waals surface area contributed by atoms with Crippen LogP contribution in [0.5, 0.6) is 0 Å². The fraction of sp³-hybridized carbons (Fsp3) is 0.231. The van der Waals surface area contributed by atoms with Crippen LogP contribution in [-0.4, -0.2) is 0 Å². The Balaban J connectivity index is 2.43. The minimum Gasteiger partial charge on any atom is -0.459 e. The van der Waals surface area contributed by atoms with E-state index in [2.05, 4.69) is 0 Å². The molecule has 2 aromatic rings. The molecule has 0 fully saturated rings. The van der Waals surface area contributed by atoms with Crippen LogP contribution in [0.1, 0.15) is 25.1 Å². The third-order valence-corrected chi connectivity index (χ3v) is 3.74. The van der Waals surface area contributed by atoms with Gasteiger partial charge in [-0.15, -0.1) is 0 Å². The molecule has 0 aliphatic heterocycles. The average molecular weight is 305 g/mol. The van der Waals surface area contributed by atoms with Crippen molar-refractivity contribution >= 4 is 34.8 Å². The molecular formula is C13H12Cl3NO. The summed E-state index contributed by atoms with van der Waals surface area (Å²) in [6.45, 7) is 2.00. The van der Waals surface area contributed by atoms with Crippen LogP contribution in [0.15, 0.2) is 28.7 Å². The molecule has 0 saturated carbocycles. The maximum atomic E-state index is 6.12. The summed E-state index contributed by atoms with van der Waals surface area (Å²) >= 11 is 18.0. The maximum absolute atomic E-state index is 6.12. The third kappa shape index (κ3) is 2.67. The van der Waals surface area contributed by atoms with Crippen LogP contribution in [0.2, 0.25) is 15.1 Å². The van der Waals surface area contributed by atoms with Crippen LogP contribution in [0.3, 0.4) is 0 Å². The summed E-state index contributed by atoms with van der Waals surface area (Å²) in [7, 11) is 0. The van der Waals surface area contributed by atoms with Crippen molar-refractivity contribution in [3.8, 4) is 11.3 Å². The Kier molecular flexibility index (Phi) is 4.23. The van der Waals surface area contributed by atoms with E-state index in [0.29, 0.717) is 26.4 Å². The van der Waals surface area contributed by atoms with Crippen LogP contribution >= 0.6 is 34.8 Å². The van der Waals surface area contributed by atoms with E-state index in [0.717, 1.165) is 12.2 Å². The van der Waals surface area contributed by atoms with Crippen LogP contribution in [-0.2, 0) is 0 Å². The van der Waals surface area contributed by atoms with Crippen molar-refractivity contribution < 1.29 is 4.42 Å². The maximum Gasteiger partial charge on any atom is 0.135 e. The topological polar surface area (TPSA) is 39.2 Å². The van der Waals surface area contributed by atoms with Crippen LogP contribution in [0.25, 0.3) is 11.3 Å². The van der Waals surface area contributed by atoms with Crippen molar-refractivity contribution in [1.29, 1.82) is 0 Å². The van der Waals surface area contributed by atoms with Crippen LogP contribution < -0.4 is 5.73 Å². The molecule has 0 spiro atoms. The first kappa shape index (κ1) is 13.8. The van der Waals surface area contributed by atoms with E-state index < -0.39 is 0 Å². The third-order valence-electron chi connectivity index (χ3n) is 2.71. The molecule has 18 heavy (non-hydrogen) atoms. The fourth-order valence-electron chi connectivity index (χ4n) is 1.61. The van der Waals surface area contributed by atoms with Gasteiger partial charge in [0.1, 0.15) is 11.5 Å². The summed E-state index contributed by atoms with van der Waals surface area (Å²) in [5, 5.41) is 1.35.